The zero-order valence-corrected chi connectivity index (χ0v) is 10.1. The summed E-state index contributed by atoms with van der Waals surface area (Å²) < 4.78 is 5.05. The summed E-state index contributed by atoms with van der Waals surface area (Å²) >= 11 is 5.70. The predicted molar refractivity (Wildman–Crippen MR) is 63.6 cm³/mol. The molecule has 0 aliphatic rings. The zero-order valence-electron chi connectivity index (χ0n) is 9.37. The molecule has 0 bridgehead atoms. The third-order valence-corrected chi connectivity index (χ3v) is 2.37. The average Bonchev–Trinajstić information content (AvgIpc) is 2.26. The Kier molecular flexibility index (Phi) is 5.22. The van der Waals surface area contributed by atoms with E-state index < -0.39 is 0 Å². The van der Waals surface area contributed by atoms with Crippen LogP contribution < -0.4 is 5.32 Å². The minimum Gasteiger partial charge on any atom is -0.382 e. The lowest BCUT2D eigenvalue weighted by molar-refractivity contribution is -0.116. The van der Waals surface area contributed by atoms with Crippen LogP contribution in [0.15, 0.2) is 18.2 Å². The van der Waals surface area contributed by atoms with Crippen molar-refractivity contribution in [2.75, 3.05) is 12.4 Å². The molecule has 1 N–H and O–H groups in total. The highest BCUT2D eigenvalue weighted by Gasteiger charge is 2.06. The highest BCUT2D eigenvalue weighted by atomic mass is 35.5. The molecule has 0 radical (unpaired) electrons. The van der Waals surface area contributed by atoms with Crippen molar-refractivity contribution in [2.45, 2.75) is 25.9 Å². The molecule has 0 aliphatic carbocycles. The molecule has 1 heterocycles. The second kappa shape index (κ2) is 6.45. The molecule has 5 heteroatoms. The number of amides is 1. The maximum atomic E-state index is 11.5. The number of methoxy groups -OCH3 is 1. The lowest BCUT2D eigenvalue weighted by Gasteiger charge is -2.08. The summed E-state index contributed by atoms with van der Waals surface area (Å²) in [5.74, 6) is 0.390. The molecule has 0 saturated carbocycles. The van der Waals surface area contributed by atoms with Crippen LogP contribution >= 0.6 is 11.6 Å². The van der Waals surface area contributed by atoms with Gasteiger partial charge in [0, 0.05) is 13.5 Å². The van der Waals surface area contributed by atoms with Gasteiger partial charge in [-0.25, -0.2) is 4.98 Å². The lowest BCUT2D eigenvalue weighted by atomic mass is 10.2. The van der Waals surface area contributed by atoms with E-state index >= 15 is 0 Å². The van der Waals surface area contributed by atoms with Gasteiger partial charge in [0.1, 0.15) is 11.0 Å². The summed E-state index contributed by atoms with van der Waals surface area (Å²) in [7, 11) is 1.63. The first-order chi connectivity index (χ1) is 7.61. The molecule has 0 aromatic carbocycles. The Morgan fingerprint density at radius 2 is 2.38 bits per heavy atom. The third kappa shape index (κ3) is 4.59. The molecule has 0 spiro atoms. The van der Waals surface area contributed by atoms with Crippen LogP contribution in [-0.4, -0.2) is 24.1 Å². The lowest BCUT2D eigenvalue weighted by Crippen LogP contribution is -2.15. The van der Waals surface area contributed by atoms with Gasteiger partial charge in [-0.15, -0.1) is 0 Å². The number of carbonyl (C=O) groups excluding carboxylic acids is 1. The van der Waals surface area contributed by atoms with Crippen molar-refractivity contribution in [3.05, 3.63) is 23.4 Å². The Bertz CT molecular complexity index is 358. The second-order valence-electron chi connectivity index (χ2n) is 3.48. The van der Waals surface area contributed by atoms with Crippen LogP contribution in [0.2, 0.25) is 5.15 Å². The van der Waals surface area contributed by atoms with E-state index in [1.807, 2.05) is 6.92 Å². The molecule has 0 fully saturated rings. The average molecular weight is 243 g/mol. The van der Waals surface area contributed by atoms with Crippen molar-refractivity contribution in [1.82, 2.24) is 4.98 Å². The van der Waals surface area contributed by atoms with E-state index in [0.717, 1.165) is 0 Å². The van der Waals surface area contributed by atoms with Crippen LogP contribution in [0.4, 0.5) is 5.82 Å². The molecule has 1 amide bonds. The van der Waals surface area contributed by atoms with Gasteiger partial charge < -0.3 is 10.1 Å². The van der Waals surface area contributed by atoms with Gasteiger partial charge in [-0.05, 0) is 25.5 Å². The molecular formula is C11H15ClN2O2. The first-order valence-corrected chi connectivity index (χ1v) is 5.45. The molecule has 0 saturated heterocycles. The van der Waals surface area contributed by atoms with Crippen molar-refractivity contribution in [3.8, 4) is 0 Å². The summed E-state index contributed by atoms with van der Waals surface area (Å²) in [6.07, 6.45) is 1.17. The van der Waals surface area contributed by atoms with Crippen LogP contribution in [0.25, 0.3) is 0 Å². The first-order valence-electron chi connectivity index (χ1n) is 5.07. The Labute approximate surface area is 100.0 Å². The van der Waals surface area contributed by atoms with E-state index in [1.54, 1.807) is 25.3 Å². The monoisotopic (exact) mass is 242 g/mol. The Balaban J connectivity index is 2.40. The van der Waals surface area contributed by atoms with E-state index in [-0.39, 0.29) is 12.0 Å². The highest BCUT2D eigenvalue weighted by Crippen LogP contribution is 2.10. The molecule has 1 aromatic rings. The zero-order chi connectivity index (χ0) is 12.0. The smallest absolute Gasteiger partial charge is 0.225 e. The van der Waals surface area contributed by atoms with E-state index in [0.29, 0.717) is 23.8 Å². The fourth-order valence-corrected chi connectivity index (χ4v) is 1.30. The number of aromatic nitrogens is 1. The maximum absolute atomic E-state index is 11.5. The maximum Gasteiger partial charge on any atom is 0.225 e. The van der Waals surface area contributed by atoms with E-state index in [2.05, 4.69) is 10.3 Å². The summed E-state index contributed by atoms with van der Waals surface area (Å²) in [4.78, 5) is 15.5. The standard InChI is InChI=1S/C11H15ClN2O2/c1-8(16-2)6-7-11(15)14-10-5-3-4-9(12)13-10/h3-5,8H,6-7H2,1-2H3,(H,13,14,15). The van der Waals surface area contributed by atoms with Crippen LogP contribution in [0.1, 0.15) is 19.8 Å². The first kappa shape index (κ1) is 12.9. The highest BCUT2D eigenvalue weighted by molar-refractivity contribution is 6.29. The van der Waals surface area contributed by atoms with Gasteiger partial charge in [0.2, 0.25) is 5.91 Å². The topological polar surface area (TPSA) is 51.2 Å². The van der Waals surface area contributed by atoms with Gasteiger partial charge in [0.05, 0.1) is 6.10 Å². The number of ether oxygens (including phenoxy) is 1. The van der Waals surface area contributed by atoms with Gasteiger partial charge in [0.15, 0.2) is 0 Å². The molecule has 1 rings (SSSR count). The second-order valence-corrected chi connectivity index (χ2v) is 3.87. The van der Waals surface area contributed by atoms with Crippen LogP contribution in [0.5, 0.6) is 0 Å². The number of nitrogens with one attached hydrogen (secondary N) is 1. The van der Waals surface area contributed by atoms with E-state index in [9.17, 15) is 4.79 Å². The van der Waals surface area contributed by atoms with Gasteiger partial charge in [0.25, 0.3) is 0 Å². The van der Waals surface area contributed by atoms with Gasteiger partial charge in [-0.3, -0.25) is 4.79 Å². The summed E-state index contributed by atoms with van der Waals surface area (Å²) in [6, 6.07) is 5.09. The van der Waals surface area contributed by atoms with Gasteiger partial charge in [-0.2, -0.15) is 0 Å². The number of carbonyl (C=O) groups is 1. The summed E-state index contributed by atoms with van der Waals surface area (Å²) in [5, 5.41) is 3.04. The minimum absolute atomic E-state index is 0.0815. The number of nitrogens with zero attached hydrogens (tertiary/aromatic N) is 1. The third-order valence-electron chi connectivity index (χ3n) is 2.16. The Morgan fingerprint density at radius 1 is 1.62 bits per heavy atom. The van der Waals surface area contributed by atoms with E-state index in [4.69, 9.17) is 16.3 Å². The van der Waals surface area contributed by atoms with E-state index in [1.165, 1.54) is 0 Å². The Hall–Kier alpha value is -1.13. The largest absolute Gasteiger partial charge is 0.382 e. The van der Waals surface area contributed by atoms with Gasteiger partial charge >= 0.3 is 0 Å². The number of halogens is 1. The number of anilines is 1. The molecule has 0 aliphatic heterocycles. The van der Waals surface area contributed by atoms with Crippen LogP contribution in [0, 0.1) is 0 Å². The molecule has 4 nitrogen and oxygen atoms in total. The Morgan fingerprint density at radius 3 is 3.00 bits per heavy atom. The normalized spacial score (nSPS) is 12.2. The van der Waals surface area contributed by atoms with Crippen molar-refractivity contribution in [1.29, 1.82) is 0 Å². The number of rotatable bonds is 5. The van der Waals surface area contributed by atoms with Crippen LogP contribution in [0.3, 0.4) is 0 Å². The molecule has 16 heavy (non-hydrogen) atoms. The minimum atomic E-state index is -0.0846. The van der Waals surface area contributed by atoms with Crippen molar-refractivity contribution < 1.29 is 9.53 Å². The van der Waals surface area contributed by atoms with Crippen LogP contribution in [-0.2, 0) is 9.53 Å². The molecule has 1 aromatic heterocycles. The SMILES string of the molecule is COC(C)CCC(=O)Nc1cccc(Cl)n1. The van der Waals surface area contributed by atoms with Crippen molar-refractivity contribution in [3.63, 3.8) is 0 Å². The van der Waals surface area contributed by atoms with Gasteiger partial charge in [-0.1, -0.05) is 17.7 Å². The summed E-state index contributed by atoms with van der Waals surface area (Å²) in [5.41, 5.74) is 0. The summed E-state index contributed by atoms with van der Waals surface area (Å²) in [6.45, 7) is 1.92. The molecule has 1 atom stereocenters. The predicted octanol–water partition coefficient (Wildman–Crippen LogP) is 2.49. The fraction of sp³-hybridized carbons (Fsp3) is 0.455. The number of hydrogen-bond acceptors (Lipinski definition) is 3. The molecule has 88 valence electrons. The fourth-order valence-electron chi connectivity index (χ4n) is 1.14. The van der Waals surface area contributed by atoms with Crippen molar-refractivity contribution >= 4 is 23.3 Å². The molecular weight excluding hydrogens is 228 g/mol. The number of hydrogen-bond donors (Lipinski definition) is 1. The molecule has 1 unspecified atom stereocenters. The van der Waals surface area contributed by atoms with Crippen molar-refractivity contribution in [2.24, 2.45) is 0 Å². The number of pyridine rings is 1. The quantitative estimate of drug-likeness (QED) is 0.807.